The number of carbonyl (C=O) groups is 1. The highest BCUT2D eigenvalue weighted by Crippen LogP contribution is 2.16. The maximum Gasteiger partial charge on any atom is 0.176 e. The molecule has 0 amide bonds. The van der Waals surface area contributed by atoms with Crippen LogP contribution in [0.3, 0.4) is 0 Å². The van der Waals surface area contributed by atoms with Gasteiger partial charge in [-0.25, -0.2) is 0 Å². The number of rotatable bonds is 2. The molecule has 0 atom stereocenters. The lowest BCUT2D eigenvalue weighted by Gasteiger charge is -2.01. The minimum atomic E-state index is -0.0226. The van der Waals surface area contributed by atoms with Crippen molar-refractivity contribution in [2.45, 2.75) is 6.92 Å². The summed E-state index contributed by atoms with van der Waals surface area (Å²) in [5.74, 6) is -0.0226. The molecule has 0 aromatic heterocycles. The van der Waals surface area contributed by atoms with Crippen molar-refractivity contribution in [1.29, 1.82) is 0 Å². The molecular weight excluding hydrogens is 218 g/mol. The number of benzene rings is 1. The Kier molecular flexibility index (Phi) is 3.00. The average Bonchev–Trinajstić information content (AvgIpc) is 2.08. The van der Waals surface area contributed by atoms with Crippen LogP contribution in [-0.4, -0.2) is 12.3 Å². The monoisotopic (exact) mass is 227 g/mol. The van der Waals surface area contributed by atoms with Crippen LogP contribution in [0.25, 0.3) is 0 Å². The van der Waals surface area contributed by atoms with Crippen molar-refractivity contribution in [1.82, 2.24) is 0 Å². The minimum absolute atomic E-state index is 0.0226. The zero-order valence-electron chi connectivity index (χ0n) is 6.80. The Hall–Kier alpha value is -0.670. The summed E-state index contributed by atoms with van der Waals surface area (Å²) >= 11 is 3.36. The van der Waals surface area contributed by atoms with Gasteiger partial charge in [-0.05, 0) is 24.6 Å². The number of carbonyl (C=O) groups excluding carboxylic acids is 1. The van der Waals surface area contributed by atoms with Gasteiger partial charge in [0.05, 0.1) is 6.54 Å². The van der Waals surface area contributed by atoms with Gasteiger partial charge in [-0.1, -0.05) is 22.0 Å². The molecule has 1 aromatic rings. The summed E-state index contributed by atoms with van der Waals surface area (Å²) in [6.45, 7) is 2.01. The minimum Gasteiger partial charge on any atom is -0.324 e. The van der Waals surface area contributed by atoms with Gasteiger partial charge in [-0.15, -0.1) is 0 Å². The van der Waals surface area contributed by atoms with Crippen molar-refractivity contribution in [3.05, 3.63) is 33.8 Å². The molecule has 0 aliphatic carbocycles. The van der Waals surface area contributed by atoms with E-state index in [9.17, 15) is 4.79 Å². The number of nitrogens with two attached hydrogens (primary N) is 1. The fourth-order valence-electron chi connectivity index (χ4n) is 0.936. The summed E-state index contributed by atoms with van der Waals surface area (Å²) in [6.07, 6.45) is 0. The van der Waals surface area contributed by atoms with E-state index in [2.05, 4.69) is 15.9 Å². The van der Waals surface area contributed by atoms with Crippen molar-refractivity contribution in [2.75, 3.05) is 6.54 Å². The smallest absolute Gasteiger partial charge is 0.176 e. The topological polar surface area (TPSA) is 43.1 Å². The lowest BCUT2D eigenvalue weighted by atomic mass is 10.1. The Balaban J connectivity index is 3.05. The normalized spacial score (nSPS) is 9.92. The van der Waals surface area contributed by atoms with E-state index in [1.165, 1.54) is 0 Å². The number of ketones is 1. The number of hydrogen-bond acceptors (Lipinski definition) is 2. The zero-order chi connectivity index (χ0) is 9.14. The molecule has 0 radical (unpaired) electrons. The molecule has 0 unspecified atom stereocenters. The fourth-order valence-corrected chi connectivity index (χ4v) is 1.18. The molecule has 12 heavy (non-hydrogen) atoms. The molecule has 2 N–H and O–H groups in total. The Morgan fingerprint density at radius 3 is 2.75 bits per heavy atom. The molecule has 1 rings (SSSR count). The number of halogens is 1. The van der Waals surface area contributed by atoms with Crippen LogP contribution in [0.2, 0.25) is 0 Å². The second kappa shape index (κ2) is 3.83. The molecule has 64 valence electrons. The van der Waals surface area contributed by atoms with E-state index in [0.717, 1.165) is 10.0 Å². The van der Waals surface area contributed by atoms with E-state index in [1.54, 1.807) is 6.07 Å². The van der Waals surface area contributed by atoms with Crippen molar-refractivity contribution in [2.24, 2.45) is 5.73 Å². The third-order valence-electron chi connectivity index (χ3n) is 1.67. The Bertz CT molecular complexity index is 309. The maximum atomic E-state index is 11.1. The van der Waals surface area contributed by atoms with E-state index in [1.807, 2.05) is 19.1 Å². The first kappa shape index (κ1) is 9.42. The number of Topliss-reactive ketones (excluding diaryl/α,β-unsaturated/α-hetero) is 1. The summed E-state index contributed by atoms with van der Waals surface area (Å²) in [4.78, 5) is 11.1. The molecule has 0 heterocycles. The van der Waals surface area contributed by atoms with Gasteiger partial charge in [0.1, 0.15) is 0 Å². The Morgan fingerprint density at radius 2 is 2.25 bits per heavy atom. The van der Waals surface area contributed by atoms with Crippen LogP contribution in [0, 0.1) is 6.92 Å². The van der Waals surface area contributed by atoms with Crippen LogP contribution in [0.5, 0.6) is 0 Å². The van der Waals surface area contributed by atoms with Crippen LogP contribution in [0.4, 0.5) is 0 Å². The van der Waals surface area contributed by atoms with E-state index in [-0.39, 0.29) is 12.3 Å². The lowest BCUT2D eigenvalue weighted by Crippen LogP contribution is -2.13. The standard InChI is InChI=1S/C9H10BrNO/c1-6-4-7(9(12)5-11)2-3-8(6)10/h2-4H,5,11H2,1H3. The predicted octanol–water partition coefficient (Wildman–Crippen LogP) is 1.90. The van der Waals surface area contributed by atoms with E-state index in [0.29, 0.717) is 5.56 Å². The molecule has 1 aromatic carbocycles. The summed E-state index contributed by atoms with van der Waals surface area (Å²) in [6, 6.07) is 5.46. The van der Waals surface area contributed by atoms with Crippen molar-refractivity contribution in [3.63, 3.8) is 0 Å². The van der Waals surface area contributed by atoms with Crippen LogP contribution in [0.1, 0.15) is 15.9 Å². The molecule has 0 aliphatic heterocycles. The van der Waals surface area contributed by atoms with Crippen molar-refractivity contribution >= 4 is 21.7 Å². The van der Waals surface area contributed by atoms with Crippen molar-refractivity contribution in [3.8, 4) is 0 Å². The van der Waals surface area contributed by atoms with Crippen LogP contribution >= 0.6 is 15.9 Å². The zero-order valence-corrected chi connectivity index (χ0v) is 8.39. The first-order chi connectivity index (χ1) is 5.65. The lowest BCUT2D eigenvalue weighted by molar-refractivity contribution is 0.100. The highest BCUT2D eigenvalue weighted by molar-refractivity contribution is 9.10. The molecule has 0 saturated heterocycles. The van der Waals surface area contributed by atoms with E-state index < -0.39 is 0 Å². The van der Waals surface area contributed by atoms with Crippen molar-refractivity contribution < 1.29 is 4.79 Å². The second-order valence-corrected chi connectivity index (χ2v) is 3.45. The highest BCUT2D eigenvalue weighted by Gasteiger charge is 2.03. The van der Waals surface area contributed by atoms with Gasteiger partial charge >= 0.3 is 0 Å². The molecule has 0 bridgehead atoms. The predicted molar refractivity (Wildman–Crippen MR) is 52.3 cm³/mol. The third-order valence-corrected chi connectivity index (χ3v) is 2.56. The largest absolute Gasteiger partial charge is 0.324 e. The Labute approximate surface area is 79.9 Å². The number of hydrogen-bond donors (Lipinski definition) is 1. The van der Waals surface area contributed by atoms with E-state index >= 15 is 0 Å². The first-order valence-electron chi connectivity index (χ1n) is 3.64. The summed E-state index contributed by atoms with van der Waals surface area (Å²) in [5, 5.41) is 0. The SMILES string of the molecule is Cc1cc(C(=O)CN)ccc1Br. The molecule has 0 fully saturated rings. The van der Waals surface area contributed by atoms with E-state index in [4.69, 9.17) is 5.73 Å². The molecule has 0 saturated carbocycles. The van der Waals surface area contributed by atoms with Crippen LogP contribution in [0.15, 0.2) is 22.7 Å². The molecular formula is C9H10BrNO. The second-order valence-electron chi connectivity index (χ2n) is 2.59. The van der Waals surface area contributed by atoms with Gasteiger partial charge in [0.15, 0.2) is 5.78 Å². The first-order valence-corrected chi connectivity index (χ1v) is 4.44. The molecule has 3 heteroatoms. The van der Waals surface area contributed by atoms with Gasteiger partial charge in [-0.3, -0.25) is 4.79 Å². The van der Waals surface area contributed by atoms with Gasteiger partial charge < -0.3 is 5.73 Å². The summed E-state index contributed by atoms with van der Waals surface area (Å²) in [5.41, 5.74) is 6.96. The van der Waals surface area contributed by atoms with Gasteiger partial charge in [0.2, 0.25) is 0 Å². The quantitative estimate of drug-likeness (QED) is 0.785. The third kappa shape index (κ3) is 1.93. The fraction of sp³-hybridized carbons (Fsp3) is 0.222. The summed E-state index contributed by atoms with van der Waals surface area (Å²) < 4.78 is 1.01. The van der Waals surface area contributed by atoms with Crippen LogP contribution in [-0.2, 0) is 0 Å². The maximum absolute atomic E-state index is 11.1. The van der Waals surface area contributed by atoms with Gasteiger partial charge in [0.25, 0.3) is 0 Å². The molecule has 0 aliphatic rings. The van der Waals surface area contributed by atoms with Crippen LogP contribution < -0.4 is 5.73 Å². The van der Waals surface area contributed by atoms with Gasteiger partial charge in [-0.2, -0.15) is 0 Å². The number of aryl methyl sites for hydroxylation is 1. The average molecular weight is 228 g/mol. The highest BCUT2D eigenvalue weighted by atomic mass is 79.9. The van der Waals surface area contributed by atoms with Gasteiger partial charge in [0, 0.05) is 10.0 Å². The Morgan fingerprint density at radius 1 is 1.58 bits per heavy atom. The molecule has 2 nitrogen and oxygen atoms in total. The molecule has 0 spiro atoms. The summed E-state index contributed by atoms with van der Waals surface area (Å²) in [7, 11) is 0.